The molecule has 0 radical (unpaired) electrons. The summed E-state index contributed by atoms with van der Waals surface area (Å²) < 4.78 is 42.0. The summed E-state index contributed by atoms with van der Waals surface area (Å²) in [6.07, 6.45) is 7.15. The number of hydrogen-bond donors (Lipinski definition) is 0. The van der Waals surface area contributed by atoms with Crippen LogP contribution >= 0.6 is 21.6 Å². The number of carbonyl (C=O) groups is 2. The molecular weight excluding hydrogens is 985 g/mol. The van der Waals surface area contributed by atoms with Gasteiger partial charge in [0.2, 0.25) is 0 Å². The van der Waals surface area contributed by atoms with E-state index in [0.29, 0.717) is 68.7 Å². The molecule has 2 amide bonds. The van der Waals surface area contributed by atoms with Gasteiger partial charge in [-0.2, -0.15) is 0 Å². The summed E-state index contributed by atoms with van der Waals surface area (Å²) in [5.41, 5.74) is 10.9. The highest BCUT2D eigenvalue weighted by atomic mass is 33.1. The van der Waals surface area contributed by atoms with Crippen LogP contribution in [-0.4, -0.2) is 114 Å². The minimum absolute atomic E-state index is 0.0586. The molecule has 13 nitrogen and oxygen atoms in total. The molecule has 0 spiro atoms. The minimum Gasteiger partial charge on any atom is -0.493 e. The van der Waals surface area contributed by atoms with E-state index in [4.69, 9.17) is 38.2 Å². The number of methoxy groups -OCH3 is 2. The van der Waals surface area contributed by atoms with E-state index < -0.39 is 0 Å². The highest BCUT2D eigenvalue weighted by Gasteiger charge is 2.38. The fourth-order valence-corrected chi connectivity index (χ4v) is 13.0. The van der Waals surface area contributed by atoms with Crippen LogP contribution in [-0.2, 0) is 51.4 Å². The Morgan fingerprint density at radius 3 is 2.13 bits per heavy atom. The maximum Gasteiger partial charge on any atom is 0.261 e. The van der Waals surface area contributed by atoms with Gasteiger partial charge in [-0.05, 0) is 135 Å². The number of fused-ring (bicyclic) bond motifs is 8. The number of carbonyl (C=O) groups excluding carboxylic acids is 2. The summed E-state index contributed by atoms with van der Waals surface area (Å²) in [5.74, 6) is 2.63. The van der Waals surface area contributed by atoms with Gasteiger partial charge < -0.3 is 43.0 Å². The van der Waals surface area contributed by atoms with Crippen LogP contribution in [0.3, 0.4) is 0 Å². The Morgan fingerprint density at radius 2 is 1.39 bits per heavy atom. The second kappa shape index (κ2) is 25.5. The number of hydrogen-bond acceptors (Lipinski definition) is 13. The number of aryl methyl sites for hydroxylation is 2. The Hall–Kier alpha value is -5.55. The normalized spacial score (nSPS) is 16.4. The van der Waals surface area contributed by atoms with Gasteiger partial charge in [0.05, 0.1) is 57.4 Å². The van der Waals surface area contributed by atoms with Crippen LogP contribution in [0.1, 0.15) is 94.1 Å². The van der Waals surface area contributed by atoms with Gasteiger partial charge in [-0.15, -0.1) is 0 Å². The molecule has 0 bridgehead atoms. The average molecular weight is 1060 g/mol. The molecule has 4 aliphatic rings. The lowest BCUT2D eigenvalue weighted by molar-refractivity contribution is 0.0264. The molecule has 0 fully saturated rings. The quantitative estimate of drug-likeness (QED) is 0.0368. The molecule has 75 heavy (non-hydrogen) atoms. The van der Waals surface area contributed by atoms with Crippen molar-refractivity contribution >= 4 is 62.4 Å². The second-order valence-electron chi connectivity index (χ2n) is 20.2. The number of rotatable bonds is 27. The van der Waals surface area contributed by atoms with Crippen molar-refractivity contribution in [3.05, 3.63) is 136 Å². The first-order valence-electron chi connectivity index (χ1n) is 26.4. The lowest BCUT2D eigenvalue weighted by Gasteiger charge is -2.34. The van der Waals surface area contributed by atoms with Crippen LogP contribution in [0.4, 0.5) is 22.7 Å². The van der Waals surface area contributed by atoms with Gasteiger partial charge in [0.1, 0.15) is 19.0 Å². The van der Waals surface area contributed by atoms with Gasteiger partial charge in [-0.3, -0.25) is 19.5 Å². The average Bonchev–Trinajstić information content (AvgIpc) is 3.92. The van der Waals surface area contributed by atoms with E-state index in [-0.39, 0.29) is 41.9 Å². The number of anilines is 3. The highest BCUT2D eigenvalue weighted by molar-refractivity contribution is 8.77. The monoisotopic (exact) mass is 1060 g/mol. The van der Waals surface area contributed by atoms with E-state index in [2.05, 4.69) is 74.2 Å². The van der Waals surface area contributed by atoms with E-state index in [1.807, 2.05) is 80.9 Å². The summed E-state index contributed by atoms with van der Waals surface area (Å²) in [7, 11) is 7.04. The number of benzene rings is 5. The fraction of sp³-hybridized carbons (Fsp3) is 0.450. The molecule has 398 valence electrons. The van der Waals surface area contributed by atoms with Gasteiger partial charge in [0.25, 0.3) is 11.8 Å². The van der Waals surface area contributed by atoms with Gasteiger partial charge in [-0.25, -0.2) is 0 Å². The smallest absolute Gasteiger partial charge is 0.261 e. The van der Waals surface area contributed by atoms with E-state index >= 15 is 0 Å². The van der Waals surface area contributed by atoms with Crippen molar-refractivity contribution in [2.24, 2.45) is 4.99 Å². The summed E-state index contributed by atoms with van der Waals surface area (Å²) >= 11 is 0. The summed E-state index contributed by atoms with van der Waals surface area (Å²) in [5, 5.41) is 0. The first-order chi connectivity index (χ1) is 36.5. The van der Waals surface area contributed by atoms with Crippen molar-refractivity contribution in [2.45, 2.75) is 96.3 Å². The van der Waals surface area contributed by atoms with Crippen molar-refractivity contribution in [2.75, 3.05) is 94.0 Å². The molecule has 15 heteroatoms. The van der Waals surface area contributed by atoms with Crippen LogP contribution in [0.15, 0.2) is 96.0 Å². The first kappa shape index (κ1) is 54.2. The molecule has 5 aromatic rings. The molecule has 2 atom stereocenters. The molecule has 0 saturated carbocycles. The van der Waals surface area contributed by atoms with Gasteiger partial charge in [-0.1, -0.05) is 64.9 Å². The summed E-state index contributed by atoms with van der Waals surface area (Å²) in [6, 6.07) is 30.5. The molecule has 0 saturated heterocycles. The van der Waals surface area contributed by atoms with E-state index in [1.165, 1.54) is 5.56 Å². The topological polar surface area (TPSA) is 121 Å². The third-order valence-electron chi connectivity index (χ3n) is 14.0. The number of nitrogens with zero attached hydrogens (tertiary/aromatic N) is 4. The molecule has 4 heterocycles. The molecule has 0 aromatic heterocycles. The number of amides is 2. The van der Waals surface area contributed by atoms with Crippen molar-refractivity contribution in [3.63, 3.8) is 0 Å². The predicted octanol–water partition coefficient (Wildman–Crippen LogP) is 11.4. The zero-order valence-corrected chi connectivity index (χ0v) is 46.0. The molecule has 4 aliphatic heterocycles. The Morgan fingerprint density at radius 1 is 0.707 bits per heavy atom. The largest absolute Gasteiger partial charge is 0.493 e. The highest BCUT2D eigenvalue weighted by Crippen LogP contribution is 2.43. The molecule has 5 aromatic carbocycles. The minimum atomic E-state index is -0.177. The molecule has 0 N–H and O–H groups in total. The van der Waals surface area contributed by atoms with Crippen LogP contribution in [0.5, 0.6) is 17.2 Å². The maximum absolute atomic E-state index is 14.2. The van der Waals surface area contributed by atoms with Gasteiger partial charge in [0, 0.05) is 91.3 Å². The van der Waals surface area contributed by atoms with E-state index in [0.717, 1.165) is 114 Å². The standard InChI is InChI=1S/C60H72N4O9S2/c1-7-20-69-21-12-27-74-75-60(3,4)40-62(19-22-70-25-26-71-24-23-67-5)48-30-42(38-72-55-34-44-17-18-47-32-45-13-8-10-15-53(45)63(47)58(65)50(44)28-41(55)2)29-43(31-48)39-73-57-36-52-51(35-56(57)68-6)59(66)64-49(37-61-52)33-46-14-9-11-16-54(46)64/h8-11,13-16,28-31,34-37,47,49H,7,12,17-27,32-33,38-40H2,1-6H3/t47-,49+/m1/s1. The Labute approximate surface area is 451 Å². The molecule has 0 aliphatic carbocycles. The van der Waals surface area contributed by atoms with Crippen molar-refractivity contribution < 1.29 is 42.7 Å². The fourth-order valence-electron chi connectivity index (χ4n) is 10.4. The summed E-state index contributed by atoms with van der Waals surface area (Å²) in [4.78, 5) is 39.6. The Kier molecular flexibility index (Phi) is 18.5. The number of aliphatic imine (C=N–C) groups is 1. The first-order valence-corrected chi connectivity index (χ1v) is 28.7. The van der Waals surface area contributed by atoms with Crippen LogP contribution in [0, 0.1) is 6.92 Å². The summed E-state index contributed by atoms with van der Waals surface area (Å²) in [6.45, 7) is 14.7. The molecule has 0 unspecified atom stereocenters. The van der Waals surface area contributed by atoms with Crippen molar-refractivity contribution in [1.82, 2.24) is 0 Å². The Balaban J connectivity index is 0.984. The van der Waals surface area contributed by atoms with Crippen LogP contribution in [0.25, 0.3) is 0 Å². The SMILES string of the molecule is CCCOCCCSSC(C)(C)CN(CCOCCOCCOC)c1cc(COc2cc3c(cc2C)C(=O)N2c4ccccc4C[C@H]2CC3)cc(COc2cc3c(cc2OC)C(=O)N2c4ccccc4C[C@H]2C=N3)c1. The van der Waals surface area contributed by atoms with Crippen molar-refractivity contribution in [1.29, 1.82) is 0 Å². The van der Waals surface area contributed by atoms with E-state index in [1.54, 1.807) is 20.3 Å². The Bertz CT molecular complexity index is 2820. The molecular formula is C60H72N4O9S2. The number of para-hydroxylation sites is 2. The van der Waals surface area contributed by atoms with Gasteiger partial charge in [0.15, 0.2) is 11.5 Å². The second-order valence-corrected chi connectivity index (χ2v) is 23.3. The zero-order chi connectivity index (χ0) is 52.3. The van der Waals surface area contributed by atoms with Gasteiger partial charge >= 0.3 is 0 Å². The zero-order valence-electron chi connectivity index (χ0n) is 44.4. The number of ether oxygens (including phenoxy) is 7. The lowest BCUT2D eigenvalue weighted by atomic mass is 9.98. The third kappa shape index (κ3) is 13.2. The maximum atomic E-state index is 14.2. The van der Waals surface area contributed by atoms with Crippen LogP contribution < -0.4 is 28.9 Å². The van der Waals surface area contributed by atoms with E-state index in [9.17, 15) is 9.59 Å². The van der Waals surface area contributed by atoms with Crippen molar-refractivity contribution in [3.8, 4) is 17.2 Å². The third-order valence-corrected chi connectivity index (χ3v) is 17.4. The van der Waals surface area contributed by atoms with Crippen LogP contribution in [0.2, 0.25) is 0 Å². The predicted molar refractivity (Wildman–Crippen MR) is 303 cm³/mol. The molecule has 9 rings (SSSR count). The lowest BCUT2D eigenvalue weighted by Crippen LogP contribution is -2.38.